The first-order valence-corrected chi connectivity index (χ1v) is 5.09. The van der Waals surface area contributed by atoms with Gasteiger partial charge in [0.2, 0.25) is 0 Å². The highest BCUT2D eigenvalue weighted by Gasteiger charge is 2.07. The fraction of sp³-hybridized carbons (Fsp3) is 0.273. The van der Waals surface area contributed by atoms with Crippen LogP contribution in [0.2, 0.25) is 0 Å². The summed E-state index contributed by atoms with van der Waals surface area (Å²) >= 11 is 1.59. The molecule has 0 amide bonds. The maximum atomic E-state index is 5.91. The quantitative estimate of drug-likeness (QED) is 0.575. The van der Waals surface area contributed by atoms with Crippen LogP contribution in [0.5, 0.6) is 0 Å². The zero-order valence-corrected chi connectivity index (χ0v) is 9.16. The maximum Gasteiger partial charge on any atom is 0.0461 e. The van der Waals surface area contributed by atoms with Crippen LogP contribution >= 0.6 is 11.8 Å². The van der Waals surface area contributed by atoms with Gasteiger partial charge in [-0.3, -0.25) is 0 Å². The van der Waals surface area contributed by atoms with Crippen molar-refractivity contribution in [3.8, 4) is 0 Å². The molecule has 2 heteroatoms. The molecular weight excluding hydrogens is 178 g/mol. The van der Waals surface area contributed by atoms with Crippen molar-refractivity contribution in [2.45, 2.75) is 25.7 Å². The molecule has 0 heterocycles. The monoisotopic (exact) mass is 193 g/mol. The summed E-state index contributed by atoms with van der Waals surface area (Å²) in [6.07, 6.45) is 0. The zero-order valence-electron chi connectivity index (χ0n) is 8.35. The van der Waals surface area contributed by atoms with Gasteiger partial charge in [-0.15, -0.1) is 0 Å². The number of hydrogen-bond acceptors (Lipinski definition) is 2. The molecule has 1 rings (SSSR count). The van der Waals surface area contributed by atoms with Crippen molar-refractivity contribution in [1.82, 2.24) is 0 Å². The van der Waals surface area contributed by atoms with E-state index in [1.165, 1.54) is 16.7 Å². The summed E-state index contributed by atoms with van der Waals surface area (Å²) in [7, 11) is 0. The Morgan fingerprint density at radius 2 is 1.92 bits per heavy atom. The molecule has 0 fully saturated rings. The molecule has 0 saturated heterocycles. The summed E-state index contributed by atoms with van der Waals surface area (Å²) in [6, 6.07) is 2.02. The molecule has 0 atom stereocenters. The highest BCUT2D eigenvalue weighted by molar-refractivity contribution is 8.02. The molecule has 0 aromatic heterocycles. The molecule has 0 saturated carbocycles. The molecule has 1 aromatic rings. The topological polar surface area (TPSA) is 26.0 Å². The minimum Gasteiger partial charge on any atom is -0.398 e. The van der Waals surface area contributed by atoms with E-state index in [1.807, 2.05) is 11.5 Å². The summed E-state index contributed by atoms with van der Waals surface area (Å²) in [4.78, 5) is 1.14. The summed E-state index contributed by atoms with van der Waals surface area (Å²) in [5, 5.41) is 1.81. The van der Waals surface area contributed by atoms with Crippen LogP contribution < -0.4 is 5.73 Å². The molecule has 0 spiro atoms. The number of anilines is 1. The second-order valence-electron chi connectivity index (χ2n) is 3.15. The van der Waals surface area contributed by atoms with E-state index in [2.05, 4.69) is 27.4 Å². The standard InChI is InChI=1S/C11H15NS/c1-5-13-11-9(4)8(3)7(2)6-10(11)12/h5-6H,1,12H2,2-4H3. The van der Waals surface area contributed by atoms with Gasteiger partial charge >= 0.3 is 0 Å². The van der Waals surface area contributed by atoms with Crippen molar-refractivity contribution < 1.29 is 0 Å². The summed E-state index contributed by atoms with van der Waals surface area (Å²) in [6.45, 7) is 10.0. The van der Waals surface area contributed by atoms with Gasteiger partial charge in [0, 0.05) is 10.6 Å². The van der Waals surface area contributed by atoms with E-state index in [0.717, 1.165) is 10.6 Å². The fourth-order valence-corrected chi connectivity index (χ4v) is 2.02. The Hall–Kier alpha value is -0.890. The Labute approximate surface area is 84.0 Å². The van der Waals surface area contributed by atoms with E-state index >= 15 is 0 Å². The third-order valence-electron chi connectivity index (χ3n) is 2.33. The van der Waals surface area contributed by atoms with E-state index in [9.17, 15) is 0 Å². The van der Waals surface area contributed by atoms with Crippen LogP contribution in [-0.4, -0.2) is 0 Å². The Bertz CT molecular complexity index is 342. The van der Waals surface area contributed by atoms with Crippen LogP contribution in [0.1, 0.15) is 16.7 Å². The van der Waals surface area contributed by atoms with Crippen molar-refractivity contribution in [3.05, 3.63) is 34.7 Å². The van der Waals surface area contributed by atoms with Crippen molar-refractivity contribution in [1.29, 1.82) is 0 Å². The first-order chi connectivity index (χ1) is 6.07. The van der Waals surface area contributed by atoms with E-state index in [1.54, 1.807) is 11.8 Å². The van der Waals surface area contributed by atoms with Gasteiger partial charge in [-0.05, 0) is 48.9 Å². The molecule has 0 aliphatic rings. The Morgan fingerprint density at radius 3 is 2.46 bits per heavy atom. The van der Waals surface area contributed by atoms with Crippen LogP contribution in [0.15, 0.2) is 22.9 Å². The van der Waals surface area contributed by atoms with Gasteiger partial charge < -0.3 is 5.73 Å². The van der Waals surface area contributed by atoms with E-state index in [-0.39, 0.29) is 0 Å². The van der Waals surface area contributed by atoms with Crippen LogP contribution in [0, 0.1) is 20.8 Å². The van der Waals surface area contributed by atoms with Crippen LogP contribution in [0.3, 0.4) is 0 Å². The smallest absolute Gasteiger partial charge is 0.0461 e. The third kappa shape index (κ3) is 1.89. The van der Waals surface area contributed by atoms with Gasteiger partial charge in [0.05, 0.1) is 0 Å². The maximum absolute atomic E-state index is 5.91. The Balaban J connectivity index is 3.34. The lowest BCUT2D eigenvalue weighted by Crippen LogP contribution is -1.96. The highest BCUT2D eigenvalue weighted by Crippen LogP contribution is 2.32. The second-order valence-corrected chi connectivity index (χ2v) is 4.12. The lowest BCUT2D eigenvalue weighted by atomic mass is 10.0. The molecule has 2 N–H and O–H groups in total. The molecule has 0 radical (unpaired) electrons. The number of hydrogen-bond donors (Lipinski definition) is 1. The van der Waals surface area contributed by atoms with Crippen molar-refractivity contribution in [2.75, 3.05) is 5.73 Å². The normalized spacial score (nSPS) is 10.1. The van der Waals surface area contributed by atoms with Crippen LogP contribution in [0.25, 0.3) is 0 Å². The van der Waals surface area contributed by atoms with Gasteiger partial charge in [-0.1, -0.05) is 18.3 Å². The van der Waals surface area contributed by atoms with E-state index in [4.69, 9.17) is 5.73 Å². The van der Waals surface area contributed by atoms with Crippen LogP contribution in [-0.2, 0) is 0 Å². The second kappa shape index (κ2) is 3.88. The molecule has 0 unspecified atom stereocenters. The third-order valence-corrected chi connectivity index (χ3v) is 3.27. The molecule has 70 valence electrons. The number of nitrogen functional groups attached to an aromatic ring is 1. The Kier molecular flexibility index (Phi) is 3.04. The first-order valence-electron chi connectivity index (χ1n) is 4.21. The Morgan fingerprint density at radius 1 is 1.31 bits per heavy atom. The largest absolute Gasteiger partial charge is 0.398 e. The van der Waals surface area contributed by atoms with Crippen molar-refractivity contribution in [3.63, 3.8) is 0 Å². The number of aryl methyl sites for hydroxylation is 1. The number of benzene rings is 1. The average molecular weight is 193 g/mol. The van der Waals surface area contributed by atoms with E-state index in [0.29, 0.717) is 0 Å². The van der Waals surface area contributed by atoms with Gasteiger partial charge in [-0.2, -0.15) is 0 Å². The lowest BCUT2D eigenvalue weighted by Gasteiger charge is -2.12. The molecule has 1 aromatic carbocycles. The number of thioether (sulfide) groups is 1. The summed E-state index contributed by atoms with van der Waals surface area (Å²) in [5.74, 6) is 0. The van der Waals surface area contributed by atoms with Crippen molar-refractivity contribution >= 4 is 17.4 Å². The van der Waals surface area contributed by atoms with Gasteiger partial charge in [-0.25, -0.2) is 0 Å². The van der Waals surface area contributed by atoms with Gasteiger partial charge in [0.15, 0.2) is 0 Å². The molecule has 13 heavy (non-hydrogen) atoms. The molecule has 0 aliphatic carbocycles. The minimum atomic E-state index is 0.852. The van der Waals surface area contributed by atoms with E-state index < -0.39 is 0 Å². The molecule has 1 nitrogen and oxygen atoms in total. The minimum absolute atomic E-state index is 0.852. The SMILES string of the molecule is C=CSc1c(N)cc(C)c(C)c1C. The first kappa shape index (κ1) is 10.2. The molecule has 0 bridgehead atoms. The van der Waals surface area contributed by atoms with Crippen molar-refractivity contribution in [2.24, 2.45) is 0 Å². The highest BCUT2D eigenvalue weighted by atomic mass is 32.2. The molecule has 0 aliphatic heterocycles. The zero-order chi connectivity index (χ0) is 10.0. The predicted molar refractivity (Wildman–Crippen MR) is 61.1 cm³/mol. The fourth-order valence-electron chi connectivity index (χ4n) is 1.33. The number of rotatable bonds is 2. The van der Waals surface area contributed by atoms with Crippen LogP contribution in [0.4, 0.5) is 5.69 Å². The number of nitrogens with two attached hydrogens (primary N) is 1. The summed E-state index contributed by atoms with van der Waals surface area (Å²) < 4.78 is 0. The van der Waals surface area contributed by atoms with Gasteiger partial charge in [0.25, 0.3) is 0 Å². The van der Waals surface area contributed by atoms with Gasteiger partial charge in [0.1, 0.15) is 0 Å². The lowest BCUT2D eigenvalue weighted by molar-refractivity contribution is 1.19. The molecular formula is C11H15NS. The average Bonchev–Trinajstić information content (AvgIpc) is 2.09. The predicted octanol–water partition coefficient (Wildman–Crippen LogP) is 3.43. The summed E-state index contributed by atoms with van der Waals surface area (Å²) in [5.41, 5.74) is 10.6.